The summed E-state index contributed by atoms with van der Waals surface area (Å²) < 4.78 is 4.49. The Balaban J connectivity index is 1.94. The maximum Gasteiger partial charge on any atom is 0.120 e. The van der Waals surface area contributed by atoms with Crippen molar-refractivity contribution >= 4 is 39.0 Å². The maximum atomic E-state index is 6.37. The third kappa shape index (κ3) is 2.02. The van der Waals surface area contributed by atoms with Gasteiger partial charge in [0, 0.05) is 18.5 Å². The van der Waals surface area contributed by atoms with Crippen molar-refractivity contribution in [2.24, 2.45) is 5.92 Å². The highest BCUT2D eigenvalue weighted by Crippen LogP contribution is 2.34. The Morgan fingerprint density at radius 2 is 2.24 bits per heavy atom. The van der Waals surface area contributed by atoms with Crippen molar-refractivity contribution in [2.45, 2.75) is 18.7 Å². The van der Waals surface area contributed by atoms with Crippen molar-refractivity contribution in [1.82, 2.24) is 4.37 Å². The van der Waals surface area contributed by atoms with Crippen molar-refractivity contribution in [3.05, 3.63) is 24.3 Å². The Bertz CT molecular complexity index is 525. The topological polar surface area (TPSA) is 16.1 Å². The zero-order chi connectivity index (χ0) is 11.8. The van der Waals surface area contributed by atoms with Gasteiger partial charge in [-0.05, 0) is 36.0 Å². The first kappa shape index (κ1) is 11.3. The summed E-state index contributed by atoms with van der Waals surface area (Å²) in [7, 11) is 0. The van der Waals surface area contributed by atoms with Gasteiger partial charge in [-0.25, -0.2) is 0 Å². The lowest BCUT2D eigenvalue weighted by Crippen LogP contribution is -2.40. The van der Waals surface area contributed by atoms with Crippen molar-refractivity contribution in [2.75, 3.05) is 18.0 Å². The van der Waals surface area contributed by atoms with Crippen LogP contribution in [0, 0.1) is 5.92 Å². The van der Waals surface area contributed by atoms with Crippen LogP contribution in [0.4, 0.5) is 5.00 Å². The fraction of sp³-hybridized carbons (Fsp3) is 0.462. The molecule has 0 bridgehead atoms. The van der Waals surface area contributed by atoms with Crippen LogP contribution in [0.15, 0.2) is 24.3 Å². The van der Waals surface area contributed by atoms with Crippen LogP contribution >= 0.6 is 23.1 Å². The Kier molecular flexibility index (Phi) is 2.97. The summed E-state index contributed by atoms with van der Waals surface area (Å²) in [6, 6.07) is 8.33. The van der Waals surface area contributed by atoms with Gasteiger partial charge in [0.15, 0.2) is 0 Å². The molecule has 1 fully saturated rings. The van der Waals surface area contributed by atoms with E-state index in [0.29, 0.717) is 5.92 Å². The van der Waals surface area contributed by atoms with Gasteiger partial charge in [-0.2, -0.15) is 4.37 Å². The number of hydrogen-bond acceptors (Lipinski definition) is 3. The molecule has 0 N–H and O–H groups in total. The Morgan fingerprint density at radius 3 is 3.06 bits per heavy atom. The van der Waals surface area contributed by atoms with E-state index in [1.807, 2.05) is 6.07 Å². The zero-order valence-corrected chi connectivity index (χ0v) is 11.3. The van der Waals surface area contributed by atoms with Crippen LogP contribution < -0.4 is 4.90 Å². The molecule has 1 aliphatic rings. The molecule has 2 aromatic rings. The normalized spacial score (nSPS) is 25.4. The summed E-state index contributed by atoms with van der Waals surface area (Å²) in [5.74, 6) is 0.618. The van der Waals surface area contributed by atoms with E-state index >= 15 is 0 Å². The average Bonchev–Trinajstić information content (AvgIpc) is 2.76. The van der Waals surface area contributed by atoms with Gasteiger partial charge in [-0.3, -0.25) is 0 Å². The first-order valence-electron chi connectivity index (χ1n) is 5.99. The second-order valence-corrected chi connectivity index (χ2v) is 6.05. The highest BCUT2D eigenvalue weighted by molar-refractivity contribution is 7.11. The van der Waals surface area contributed by atoms with Crippen LogP contribution in [-0.4, -0.2) is 22.8 Å². The highest BCUT2D eigenvalue weighted by Gasteiger charge is 2.26. The molecule has 0 amide bonds. The fourth-order valence-corrected chi connectivity index (χ4v) is 3.50. The number of rotatable bonds is 1. The van der Waals surface area contributed by atoms with Crippen LogP contribution in [0.1, 0.15) is 13.3 Å². The quantitative estimate of drug-likeness (QED) is 0.731. The third-order valence-electron chi connectivity index (χ3n) is 3.52. The van der Waals surface area contributed by atoms with Crippen molar-refractivity contribution in [3.63, 3.8) is 0 Å². The number of alkyl halides is 1. The van der Waals surface area contributed by atoms with Gasteiger partial charge in [0.25, 0.3) is 0 Å². The van der Waals surface area contributed by atoms with E-state index in [2.05, 4.69) is 34.4 Å². The molecule has 1 saturated heterocycles. The van der Waals surface area contributed by atoms with E-state index in [-0.39, 0.29) is 5.38 Å². The van der Waals surface area contributed by atoms with E-state index in [1.165, 1.54) is 16.8 Å². The minimum atomic E-state index is 0.254. The Labute approximate surface area is 110 Å². The van der Waals surface area contributed by atoms with Crippen LogP contribution in [-0.2, 0) is 0 Å². The first-order valence-corrected chi connectivity index (χ1v) is 7.20. The largest absolute Gasteiger partial charge is 0.360 e. The molecule has 2 atom stereocenters. The predicted molar refractivity (Wildman–Crippen MR) is 75.3 cm³/mol. The monoisotopic (exact) mass is 266 g/mol. The highest BCUT2D eigenvalue weighted by atomic mass is 35.5. The third-order valence-corrected chi connectivity index (χ3v) is 5.03. The summed E-state index contributed by atoms with van der Waals surface area (Å²) in [4.78, 5) is 2.39. The van der Waals surface area contributed by atoms with Crippen LogP contribution in [0.5, 0.6) is 0 Å². The molecule has 2 nitrogen and oxygen atoms in total. The van der Waals surface area contributed by atoms with E-state index in [0.717, 1.165) is 18.6 Å². The van der Waals surface area contributed by atoms with E-state index < -0.39 is 0 Å². The van der Waals surface area contributed by atoms with Gasteiger partial charge < -0.3 is 4.90 Å². The van der Waals surface area contributed by atoms with Crippen LogP contribution in [0.2, 0.25) is 0 Å². The van der Waals surface area contributed by atoms with Gasteiger partial charge >= 0.3 is 0 Å². The molecular weight excluding hydrogens is 252 g/mol. The smallest absolute Gasteiger partial charge is 0.120 e. The molecule has 1 aromatic heterocycles. The lowest BCUT2D eigenvalue weighted by molar-refractivity contribution is 0.447. The molecule has 2 heterocycles. The summed E-state index contributed by atoms with van der Waals surface area (Å²) in [5, 5.41) is 2.79. The SMILES string of the molecule is CC1CCN(c2snc3ccccc23)CC1Cl. The molecule has 0 radical (unpaired) electrons. The van der Waals surface area contributed by atoms with Gasteiger partial charge in [-0.1, -0.05) is 19.1 Å². The number of anilines is 1. The molecule has 2 unspecified atom stereocenters. The number of nitrogens with zero attached hydrogens (tertiary/aromatic N) is 2. The molecular formula is C13H15ClN2S. The second-order valence-electron chi connectivity index (χ2n) is 4.73. The van der Waals surface area contributed by atoms with Gasteiger partial charge in [-0.15, -0.1) is 11.6 Å². The molecule has 4 heteroatoms. The minimum Gasteiger partial charge on any atom is -0.360 e. The summed E-state index contributed by atoms with van der Waals surface area (Å²) in [6.07, 6.45) is 1.17. The zero-order valence-electron chi connectivity index (χ0n) is 9.77. The summed E-state index contributed by atoms with van der Waals surface area (Å²) in [6.45, 7) is 4.27. The number of hydrogen-bond donors (Lipinski definition) is 0. The average molecular weight is 267 g/mol. The summed E-state index contributed by atoms with van der Waals surface area (Å²) >= 11 is 7.96. The molecule has 1 aromatic carbocycles. The van der Waals surface area contributed by atoms with Gasteiger partial charge in [0.05, 0.1) is 10.9 Å². The minimum absolute atomic E-state index is 0.254. The van der Waals surface area contributed by atoms with Crippen molar-refractivity contribution in [1.29, 1.82) is 0 Å². The van der Waals surface area contributed by atoms with Crippen LogP contribution in [0.25, 0.3) is 10.9 Å². The molecule has 1 aliphatic heterocycles. The summed E-state index contributed by atoms with van der Waals surface area (Å²) in [5.41, 5.74) is 1.09. The number of halogens is 1. The first-order chi connectivity index (χ1) is 8.25. The molecule has 0 aliphatic carbocycles. The molecule has 0 saturated carbocycles. The number of piperidine rings is 1. The number of benzene rings is 1. The van der Waals surface area contributed by atoms with Crippen molar-refractivity contribution < 1.29 is 0 Å². The lowest BCUT2D eigenvalue weighted by atomic mass is 9.99. The van der Waals surface area contributed by atoms with Crippen LogP contribution in [0.3, 0.4) is 0 Å². The predicted octanol–water partition coefficient (Wildman–Crippen LogP) is 3.75. The van der Waals surface area contributed by atoms with E-state index in [9.17, 15) is 0 Å². The lowest BCUT2D eigenvalue weighted by Gasteiger charge is -2.34. The fourth-order valence-electron chi connectivity index (χ4n) is 2.31. The Hall–Kier alpha value is -0.800. The van der Waals surface area contributed by atoms with Gasteiger partial charge in [0.1, 0.15) is 5.00 Å². The van der Waals surface area contributed by atoms with Gasteiger partial charge in [0.2, 0.25) is 0 Å². The number of fused-ring (bicyclic) bond motifs is 1. The van der Waals surface area contributed by atoms with E-state index in [4.69, 9.17) is 11.6 Å². The van der Waals surface area contributed by atoms with E-state index in [1.54, 1.807) is 11.5 Å². The Morgan fingerprint density at radius 1 is 1.41 bits per heavy atom. The number of aromatic nitrogens is 1. The molecule has 90 valence electrons. The molecule has 0 spiro atoms. The maximum absolute atomic E-state index is 6.37. The second kappa shape index (κ2) is 4.46. The molecule has 17 heavy (non-hydrogen) atoms. The standard InChI is InChI=1S/C13H15ClN2S/c1-9-6-7-16(8-11(9)14)13-10-4-2-3-5-12(10)15-17-13/h2-5,9,11H,6-8H2,1H3. The molecule has 3 rings (SSSR count). The van der Waals surface area contributed by atoms with Crippen molar-refractivity contribution in [3.8, 4) is 0 Å².